The Kier molecular flexibility index (Phi) is 4.73. The highest BCUT2D eigenvalue weighted by Gasteiger charge is 2.26. The van der Waals surface area contributed by atoms with E-state index in [0.29, 0.717) is 23.0 Å². The number of rotatable bonds is 3. The fourth-order valence-corrected chi connectivity index (χ4v) is 3.59. The number of hydrogen-bond acceptors (Lipinski definition) is 1. The van der Waals surface area contributed by atoms with Crippen molar-refractivity contribution in [3.63, 3.8) is 0 Å². The summed E-state index contributed by atoms with van der Waals surface area (Å²) in [7, 11) is 2.01. The van der Waals surface area contributed by atoms with Gasteiger partial charge in [0, 0.05) is 29.0 Å². The second-order valence-electron chi connectivity index (χ2n) is 5.02. The van der Waals surface area contributed by atoms with Gasteiger partial charge in [-0.25, -0.2) is 8.78 Å². The fraction of sp³-hybridized carbons (Fsp3) is 0.571. The number of alkyl halides is 1. The molecule has 1 aromatic carbocycles. The van der Waals surface area contributed by atoms with Gasteiger partial charge in [0.05, 0.1) is 0 Å². The first-order valence-corrected chi connectivity index (χ1v) is 7.27. The third-order valence-electron chi connectivity index (χ3n) is 3.65. The molecule has 18 heavy (non-hydrogen) atoms. The molecule has 1 saturated carbocycles. The minimum absolute atomic E-state index is 0.434. The van der Waals surface area contributed by atoms with Crippen LogP contribution < -0.4 is 0 Å². The average Bonchev–Trinajstić information content (AvgIpc) is 2.33. The summed E-state index contributed by atoms with van der Waals surface area (Å²) in [4.78, 5) is 2.63. The van der Waals surface area contributed by atoms with Crippen molar-refractivity contribution < 1.29 is 8.78 Å². The van der Waals surface area contributed by atoms with Crippen molar-refractivity contribution in [1.29, 1.82) is 0 Å². The van der Waals surface area contributed by atoms with E-state index in [1.54, 1.807) is 0 Å². The second kappa shape index (κ2) is 6.11. The van der Waals surface area contributed by atoms with Crippen LogP contribution in [-0.2, 0) is 6.54 Å². The molecule has 4 heteroatoms. The van der Waals surface area contributed by atoms with E-state index in [2.05, 4.69) is 20.8 Å². The fourth-order valence-electron chi connectivity index (χ4n) is 2.60. The molecule has 1 aromatic rings. The SMILES string of the molecule is CN(Cc1ccc(F)cc1F)C1CCCCC1Br. The normalized spacial score (nSPS) is 24.5. The van der Waals surface area contributed by atoms with E-state index in [-0.39, 0.29) is 0 Å². The minimum atomic E-state index is -0.519. The van der Waals surface area contributed by atoms with E-state index in [1.807, 2.05) is 7.05 Å². The summed E-state index contributed by atoms with van der Waals surface area (Å²) < 4.78 is 26.4. The largest absolute Gasteiger partial charge is 0.298 e. The van der Waals surface area contributed by atoms with Crippen LogP contribution in [0.5, 0.6) is 0 Å². The predicted molar refractivity (Wildman–Crippen MR) is 72.8 cm³/mol. The van der Waals surface area contributed by atoms with Gasteiger partial charge in [0.2, 0.25) is 0 Å². The molecule has 1 aliphatic rings. The molecule has 1 aliphatic carbocycles. The number of benzene rings is 1. The highest BCUT2D eigenvalue weighted by molar-refractivity contribution is 9.09. The van der Waals surface area contributed by atoms with Crippen molar-refractivity contribution in [2.45, 2.75) is 43.1 Å². The van der Waals surface area contributed by atoms with Gasteiger partial charge in [0.1, 0.15) is 11.6 Å². The summed E-state index contributed by atoms with van der Waals surface area (Å²) in [5.41, 5.74) is 0.559. The summed E-state index contributed by atoms with van der Waals surface area (Å²) in [6, 6.07) is 4.24. The van der Waals surface area contributed by atoms with Gasteiger partial charge in [-0.2, -0.15) is 0 Å². The van der Waals surface area contributed by atoms with Gasteiger partial charge in [0.15, 0.2) is 0 Å². The van der Waals surface area contributed by atoms with E-state index in [1.165, 1.54) is 31.4 Å². The molecule has 2 unspecified atom stereocenters. The van der Waals surface area contributed by atoms with Gasteiger partial charge in [0.25, 0.3) is 0 Å². The van der Waals surface area contributed by atoms with Gasteiger partial charge >= 0.3 is 0 Å². The third-order valence-corrected chi connectivity index (χ3v) is 4.72. The van der Waals surface area contributed by atoms with E-state index in [4.69, 9.17) is 0 Å². The summed E-state index contributed by atoms with van der Waals surface area (Å²) >= 11 is 3.70. The third kappa shape index (κ3) is 3.29. The number of nitrogens with zero attached hydrogens (tertiary/aromatic N) is 1. The van der Waals surface area contributed by atoms with Gasteiger partial charge in [-0.1, -0.05) is 34.8 Å². The van der Waals surface area contributed by atoms with Crippen molar-refractivity contribution in [2.75, 3.05) is 7.05 Å². The molecular weight excluding hydrogens is 300 g/mol. The van der Waals surface area contributed by atoms with Crippen LogP contribution >= 0.6 is 15.9 Å². The smallest absolute Gasteiger partial charge is 0.130 e. The topological polar surface area (TPSA) is 3.24 Å². The maximum Gasteiger partial charge on any atom is 0.130 e. The Balaban J connectivity index is 2.03. The van der Waals surface area contributed by atoms with Crippen LogP contribution in [0.2, 0.25) is 0 Å². The van der Waals surface area contributed by atoms with Crippen LogP contribution in [0.3, 0.4) is 0 Å². The highest BCUT2D eigenvalue weighted by atomic mass is 79.9. The van der Waals surface area contributed by atoms with Crippen LogP contribution in [-0.4, -0.2) is 22.8 Å². The molecule has 0 heterocycles. The maximum absolute atomic E-state index is 13.6. The molecule has 0 N–H and O–H groups in total. The minimum Gasteiger partial charge on any atom is -0.298 e. The summed E-state index contributed by atoms with van der Waals surface area (Å²) in [5, 5.41) is 0. The number of halogens is 3. The lowest BCUT2D eigenvalue weighted by Crippen LogP contribution is -2.40. The van der Waals surface area contributed by atoms with Crippen LogP contribution in [0.1, 0.15) is 31.2 Å². The van der Waals surface area contributed by atoms with Gasteiger partial charge in [-0.15, -0.1) is 0 Å². The van der Waals surface area contributed by atoms with E-state index >= 15 is 0 Å². The quantitative estimate of drug-likeness (QED) is 0.758. The molecule has 0 saturated heterocycles. The predicted octanol–water partition coefficient (Wildman–Crippen LogP) is 4.10. The first-order valence-electron chi connectivity index (χ1n) is 6.36. The molecular formula is C14H18BrF2N. The first kappa shape index (κ1) is 13.9. The Hall–Kier alpha value is -0.480. The standard InChI is InChI=1S/C14H18BrF2N/c1-18(14-5-3-2-4-12(14)15)9-10-6-7-11(16)8-13(10)17/h6-8,12,14H,2-5,9H2,1H3. The highest BCUT2D eigenvalue weighted by Crippen LogP contribution is 2.28. The van der Waals surface area contributed by atoms with Crippen LogP contribution in [0.15, 0.2) is 18.2 Å². The molecule has 0 aromatic heterocycles. The van der Waals surface area contributed by atoms with Crippen molar-refractivity contribution >= 4 is 15.9 Å². The van der Waals surface area contributed by atoms with E-state index in [0.717, 1.165) is 12.5 Å². The van der Waals surface area contributed by atoms with Crippen LogP contribution in [0.25, 0.3) is 0 Å². The summed E-state index contributed by atoms with van der Waals surface area (Å²) in [5.74, 6) is -0.973. The zero-order valence-corrected chi connectivity index (χ0v) is 12.1. The average molecular weight is 318 g/mol. The van der Waals surface area contributed by atoms with Crippen molar-refractivity contribution in [1.82, 2.24) is 4.90 Å². The van der Waals surface area contributed by atoms with Gasteiger partial charge < -0.3 is 0 Å². The lowest BCUT2D eigenvalue weighted by Gasteiger charge is -2.35. The van der Waals surface area contributed by atoms with Gasteiger partial charge in [-0.05, 0) is 26.0 Å². The van der Waals surface area contributed by atoms with Crippen molar-refractivity contribution in [3.8, 4) is 0 Å². The number of hydrogen-bond donors (Lipinski definition) is 0. The molecule has 2 rings (SSSR count). The maximum atomic E-state index is 13.6. The zero-order valence-electron chi connectivity index (χ0n) is 10.5. The monoisotopic (exact) mass is 317 g/mol. The zero-order chi connectivity index (χ0) is 13.1. The second-order valence-corrected chi connectivity index (χ2v) is 6.19. The van der Waals surface area contributed by atoms with E-state index < -0.39 is 11.6 Å². The molecule has 0 spiro atoms. The lowest BCUT2D eigenvalue weighted by molar-refractivity contribution is 0.191. The molecule has 0 amide bonds. The molecule has 0 aliphatic heterocycles. The Morgan fingerprint density at radius 3 is 2.67 bits per heavy atom. The Bertz CT molecular complexity index is 411. The molecule has 0 radical (unpaired) electrons. The van der Waals surface area contributed by atoms with Crippen molar-refractivity contribution in [2.24, 2.45) is 0 Å². The first-order chi connectivity index (χ1) is 8.58. The van der Waals surface area contributed by atoms with Gasteiger partial charge in [-0.3, -0.25) is 4.90 Å². The summed E-state index contributed by atoms with van der Waals surface area (Å²) in [6.45, 7) is 0.527. The Labute approximate surface area is 115 Å². The van der Waals surface area contributed by atoms with E-state index in [9.17, 15) is 8.78 Å². The van der Waals surface area contributed by atoms with Crippen molar-refractivity contribution in [3.05, 3.63) is 35.4 Å². The Morgan fingerprint density at radius 2 is 2.00 bits per heavy atom. The van der Waals surface area contributed by atoms with Crippen LogP contribution in [0, 0.1) is 11.6 Å². The molecule has 0 bridgehead atoms. The van der Waals surface area contributed by atoms with Crippen LogP contribution in [0.4, 0.5) is 8.78 Å². The Morgan fingerprint density at radius 1 is 1.28 bits per heavy atom. The molecule has 100 valence electrons. The lowest BCUT2D eigenvalue weighted by atomic mass is 9.94. The summed E-state index contributed by atoms with van der Waals surface area (Å²) in [6.07, 6.45) is 4.78. The molecule has 1 fully saturated rings. The molecule has 2 atom stereocenters. The molecule has 1 nitrogen and oxygen atoms in total.